The van der Waals surface area contributed by atoms with Gasteiger partial charge in [0.1, 0.15) is 0 Å². The van der Waals surface area contributed by atoms with Gasteiger partial charge in [-0.05, 0) is 18.1 Å². The molecule has 1 aliphatic heterocycles. The molecule has 0 spiro atoms. The smallest absolute Gasteiger partial charge is 0.313 e. The van der Waals surface area contributed by atoms with Crippen molar-refractivity contribution >= 4 is 37.9 Å². The van der Waals surface area contributed by atoms with Crippen molar-refractivity contribution < 1.29 is 23.9 Å². The fourth-order valence-electron chi connectivity index (χ4n) is 2.24. The molecule has 0 unspecified atom stereocenters. The van der Waals surface area contributed by atoms with Crippen LogP contribution in [0.3, 0.4) is 0 Å². The van der Waals surface area contributed by atoms with Crippen LogP contribution in [-0.2, 0) is 18.8 Å². The Kier molecular flexibility index (Phi) is 7.95. The highest BCUT2D eigenvalue weighted by molar-refractivity contribution is 8.00. The minimum absolute atomic E-state index is 0.0539. The molecule has 0 aliphatic carbocycles. The summed E-state index contributed by atoms with van der Waals surface area (Å²) in [5.74, 6) is -1.08. The summed E-state index contributed by atoms with van der Waals surface area (Å²) in [4.78, 5) is 35.8. The minimum atomic E-state index is -1.90. The SMILES string of the molecule is CC(C)(C)[Si](C)(C)O[C@H]1CC(=O)N(CCNC(=O)CSCC(=O)O)C1. The topological polar surface area (TPSA) is 95.9 Å². The third kappa shape index (κ3) is 7.37. The lowest BCUT2D eigenvalue weighted by Gasteiger charge is -2.38. The van der Waals surface area contributed by atoms with Crippen LogP contribution in [0.25, 0.3) is 0 Å². The van der Waals surface area contributed by atoms with Gasteiger partial charge in [0.15, 0.2) is 8.32 Å². The first-order valence-corrected chi connectivity index (χ1v) is 12.5. The molecule has 9 heteroatoms. The van der Waals surface area contributed by atoms with E-state index in [9.17, 15) is 14.4 Å². The number of likely N-dealkylation sites (tertiary alicyclic amines) is 1. The Labute approximate surface area is 155 Å². The minimum Gasteiger partial charge on any atom is -0.481 e. The van der Waals surface area contributed by atoms with Crippen molar-refractivity contribution in [3.05, 3.63) is 0 Å². The summed E-state index contributed by atoms with van der Waals surface area (Å²) >= 11 is 1.05. The molecule has 0 aromatic carbocycles. The van der Waals surface area contributed by atoms with Crippen molar-refractivity contribution in [2.24, 2.45) is 0 Å². The molecule has 1 saturated heterocycles. The molecule has 1 atom stereocenters. The quantitative estimate of drug-likeness (QED) is 0.580. The molecule has 2 N–H and O–H groups in total. The van der Waals surface area contributed by atoms with Crippen LogP contribution in [0, 0.1) is 0 Å². The summed E-state index contributed by atoms with van der Waals surface area (Å²) < 4.78 is 6.30. The van der Waals surface area contributed by atoms with Gasteiger partial charge in [0, 0.05) is 19.6 Å². The van der Waals surface area contributed by atoms with Gasteiger partial charge in [0.25, 0.3) is 0 Å². The fraction of sp³-hybridized carbons (Fsp3) is 0.812. The van der Waals surface area contributed by atoms with Crippen molar-refractivity contribution in [3.8, 4) is 0 Å². The van der Waals surface area contributed by atoms with Gasteiger partial charge in [-0.3, -0.25) is 14.4 Å². The predicted molar refractivity (Wildman–Crippen MR) is 101 cm³/mol. The summed E-state index contributed by atoms with van der Waals surface area (Å²) in [5.41, 5.74) is 0. The summed E-state index contributed by atoms with van der Waals surface area (Å²) in [7, 11) is -1.90. The monoisotopic (exact) mass is 390 g/mol. The van der Waals surface area contributed by atoms with E-state index < -0.39 is 14.3 Å². The predicted octanol–water partition coefficient (Wildman–Crippen LogP) is 1.54. The Morgan fingerprint density at radius 1 is 1.36 bits per heavy atom. The van der Waals surface area contributed by atoms with E-state index in [0.717, 1.165) is 11.8 Å². The highest BCUT2D eigenvalue weighted by Crippen LogP contribution is 2.38. The van der Waals surface area contributed by atoms with Crippen LogP contribution in [0.2, 0.25) is 18.1 Å². The van der Waals surface area contributed by atoms with E-state index in [2.05, 4.69) is 39.2 Å². The molecule has 7 nitrogen and oxygen atoms in total. The number of carboxylic acids is 1. The molecule has 2 amide bonds. The number of thioether (sulfide) groups is 1. The highest BCUT2D eigenvalue weighted by atomic mass is 32.2. The molecule has 1 aliphatic rings. The zero-order valence-corrected chi connectivity index (χ0v) is 17.6. The first-order valence-electron chi connectivity index (χ1n) is 8.44. The van der Waals surface area contributed by atoms with E-state index in [-0.39, 0.29) is 34.5 Å². The molecule has 1 fully saturated rings. The normalized spacial score (nSPS) is 18.5. The first-order chi connectivity index (χ1) is 11.4. The number of carboxylic acid groups (broad SMARTS) is 1. The molecule has 1 rings (SSSR count). The van der Waals surface area contributed by atoms with Gasteiger partial charge in [0.2, 0.25) is 11.8 Å². The lowest BCUT2D eigenvalue weighted by molar-refractivity contribution is -0.134. The first kappa shape index (κ1) is 22.0. The number of nitrogens with one attached hydrogen (secondary N) is 1. The van der Waals surface area contributed by atoms with E-state index in [1.54, 1.807) is 4.90 Å². The van der Waals surface area contributed by atoms with E-state index in [0.29, 0.717) is 26.1 Å². The molecule has 144 valence electrons. The third-order valence-electron chi connectivity index (χ3n) is 4.61. The number of nitrogens with zero attached hydrogens (tertiary/aromatic N) is 1. The van der Waals surface area contributed by atoms with Gasteiger partial charge in [0.05, 0.1) is 24.0 Å². The van der Waals surface area contributed by atoms with Gasteiger partial charge in [-0.15, -0.1) is 11.8 Å². The number of hydrogen-bond donors (Lipinski definition) is 2. The molecule has 0 aromatic rings. The summed E-state index contributed by atoms with van der Waals surface area (Å²) in [6, 6.07) is 0. The van der Waals surface area contributed by atoms with E-state index >= 15 is 0 Å². The van der Waals surface area contributed by atoms with E-state index in [1.165, 1.54) is 0 Å². The molecular weight excluding hydrogens is 360 g/mol. The number of carbonyl (C=O) groups excluding carboxylic acids is 2. The van der Waals surface area contributed by atoms with Crippen LogP contribution in [0.1, 0.15) is 27.2 Å². The Morgan fingerprint density at radius 3 is 2.56 bits per heavy atom. The maximum absolute atomic E-state index is 12.1. The van der Waals surface area contributed by atoms with Crippen molar-refractivity contribution in [3.63, 3.8) is 0 Å². The van der Waals surface area contributed by atoms with Gasteiger partial charge in [-0.2, -0.15) is 0 Å². The van der Waals surface area contributed by atoms with E-state index in [4.69, 9.17) is 9.53 Å². The molecular formula is C16H30N2O5SSi. The molecule has 1 heterocycles. The average molecular weight is 391 g/mol. The van der Waals surface area contributed by atoms with Gasteiger partial charge in [-0.1, -0.05) is 20.8 Å². The van der Waals surface area contributed by atoms with Crippen molar-refractivity contribution in [2.75, 3.05) is 31.1 Å². The molecule has 25 heavy (non-hydrogen) atoms. The summed E-state index contributed by atoms with van der Waals surface area (Å²) in [6.07, 6.45) is 0.324. The Morgan fingerprint density at radius 2 is 2.00 bits per heavy atom. The molecule has 0 radical (unpaired) electrons. The third-order valence-corrected chi connectivity index (χ3v) is 10.1. The summed E-state index contributed by atoms with van der Waals surface area (Å²) in [5, 5.41) is 11.3. The second-order valence-electron chi connectivity index (χ2n) is 7.78. The molecule has 0 aromatic heterocycles. The summed E-state index contributed by atoms with van der Waals surface area (Å²) in [6.45, 7) is 12.2. The number of rotatable bonds is 9. The molecule has 0 bridgehead atoms. The second-order valence-corrected chi connectivity index (χ2v) is 13.5. The number of aliphatic carboxylic acids is 1. The Balaban J connectivity index is 2.33. The van der Waals surface area contributed by atoms with Crippen LogP contribution >= 0.6 is 11.8 Å². The van der Waals surface area contributed by atoms with Gasteiger partial charge in [-0.25, -0.2) is 0 Å². The maximum atomic E-state index is 12.1. The van der Waals surface area contributed by atoms with Crippen molar-refractivity contribution in [1.29, 1.82) is 0 Å². The second kappa shape index (κ2) is 9.04. The largest absolute Gasteiger partial charge is 0.481 e. The lowest BCUT2D eigenvalue weighted by Crippen LogP contribution is -2.44. The highest BCUT2D eigenvalue weighted by Gasteiger charge is 2.42. The molecule has 0 saturated carbocycles. The zero-order valence-electron chi connectivity index (χ0n) is 15.8. The fourth-order valence-corrected chi connectivity index (χ4v) is 4.15. The maximum Gasteiger partial charge on any atom is 0.313 e. The Bertz CT molecular complexity index is 507. The van der Waals surface area contributed by atoms with E-state index in [1.807, 2.05) is 0 Å². The number of hydrogen-bond acceptors (Lipinski definition) is 5. The van der Waals surface area contributed by atoms with Crippen molar-refractivity contribution in [1.82, 2.24) is 10.2 Å². The van der Waals surface area contributed by atoms with Crippen LogP contribution in [0.15, 0.2) is 0 Å². The number of carbonyl (C=O) groups is 3. The lowest BCUT2D eigenvalue weighted by atomic mass is 10.2. The van der Waals surface area contributed by atoms with Gasteiger partial charge >= 0.3 is 5.97 Å². The van der Waals surface area contributed by atoms with Crippen LogP contribution in [0.4, 0.5) is 0 Å². The average Bonchev–Trinajstić information content (AvgIpc) is 2.76. The Hall–Kier alpha value is -1.06. The van der Waals surface area contributed by atoms with Crippen LogP contribution < -0.4 is 5.32 Å². The van der Waals surface area contributed by atoms with Crippen molar-refractivity contribution in [2.45, 2.75) is 51.4 Å². The van der Waals surface area contributed by atoms with Crippen LogP contribution in [0.5, 0.6) is 0 Å². The zero-order chi connectivity index (χ0) is 19.3. The number of amides is 2. The van der Waals surface area contributed by atoms with Crippen LogP contribution in [-0.4, -0.2) is 73.4 Å². The van der Waals surface area contributed by atoms with Gasteiger partial charge < -0.3 is 19.7 Å². The standard InChI is InChI=1S/C16H30N2O5SSi/c1-16(2,3)25(4,5)23-12-8-14(20)18(9-12)7-6-17-13(19)10-24-11-15(21)22/h12H,6-11H2,1-5H3,(H,17,19)(H,21,22)/t12-/m0/s1.